The Morgan fingerprint density at radius 1 is 1.14 bits per heavy atom. The molecule has 0 radical (unpaired) electrons. The van der Waals surface area contributed by atoms with Crippen LogP contribution in [-0.2, 0) is 14.4 Å². The maximum Gasteiger partial charge on any atom is 0.242 e. The number of benzene rings is 1. The zero-order valence-electron chi connectivity index (χ0n) is 16.5. The van der Waals surface area contributed by atoms with Crippen LogP contribution in [0.15, 0.2) is 24.3 Å². The Morgan fingerprint density at radius 3 is 2.61 bits per heavy atom. The average molecular weight is 389 g/mol. The smallest absolute Gasteiger partial charge is 0.242 e. The Labute approximate surface area is 165 Å². The van der Waals surface area contributed by atoms with Crippen molar-refractivity contribution in [2.45, 2.75) is 57.5 Å². The van der Waals surface area contributed by atoms with Crippen LogP contribution in [0.1, 0.15) is 51.0 Å². The maximum absolute atomic E-state index is 13.9. The lowest BCUT2D eigenvalue weighted by atomic mass is 9.86. The summed E-state index contributed by atoms with van der Waals surface area (Å²) in [6.07, 6.45) is 3.71. The summed E-state index contributed by atoms with van der Waals surface area (Å²) in [5.41, 5.74) is 0.802. The fourth-order valence-corrected chi connectivity index (χ4v) is 4.62. The van der Waals surface area contributed by atoms with Crippen LogP contribution < -0.4 is 5.32 Å². The van der Waals surface area contributed by atoms with Crippen molar-refractivity contribution in [2.75, 3.05) is 19.6 Å². The van der Waals surface area contributed by atoms with E-state index in [-0.39, 0.29) is 48.1 Å². The molecular weight excluding hydrogens is 361 g/mol. The van der Waals surface area contributed by atoms with E-state index in [0.717, 1.165) is 31.2 Å². The van der Waals surface area contributed by atoms with Gasteiger partial charge in [-0.15, -0.1) is 0 Å². The highest BCUT2D eigenvalue weighted by atomic mass is 19.1. The summed E-state index contributed by atoms with van der Waals surface area (Å²) in [6, 6.07) is 6.13. The van der Waals surface area contributed by atoms with E-state index in [1.54, 1.807) is 17.9 Å². The molecule has 3 amide bonds. The first-order valence-corrected chi connectivity index (χ1v) is 9.95. The highest BCUT2D eigenvalue weighted by Crippen LogP contribution is 2.39. The number of rotatable bonds is 3. The number of carbonyl (C=O) groups excluding carboxylic acids is 3. The Kier molecular flexibility index (Phi) is 6.31. The first kappa shape index (κ1) is 20.3. The van der Waals surface area contributed by atoms with Crippen LogP contribution in [0.25, 0.3) is 0 Å². The van der Waals surface area contributed by atoms with Crippen molar-refractivity contribution < 1.29 is 18.8 Å². The highest BCUT2D eigenvalue weighted by molar-refractivity contribution is 5.84. The van der Waals surface area contributed by atoms with Crippen molar-refractivity contribution in [3.8, 4) is 0 Å². The van der Waals surface area contributed by atoms with Gasteiger partial charge in [-0.1, -0.05) is 25.0 Å². The first-order valence-electron chi connectivity index (χ1n) is 9.95. The van der Waals surface area contributed by atoms with Crippen LogP contribution in [0.4, 0.5) is 4.39 Å². The van der Waals surface area contributed by atoms with E-state index in [4.69, 9.17) is 0 Å². The van der Waals surface area contributed by atoms with Crippen LogP contribution in [0.5, 0.6) is 0 Å². The number of nitrogens with zero attached hydrogens (tertiary/aromatic N) is 2. The standard InChI is InChI=1S/C21H28FN3O3/c1-14(26)23-12-20(28)25-13-18(16-7-6-8-17(22)11-16)21-19(25)9-4-3-5-10-24(21)15(2)27/h6-8,11,18-19,21H,3-5,9-10,12-13H2,1-2H3,(H,23,26)/t18-,19+,21-/m0/s1. The second kappa shape index (κ2) is 8.71. The van der Waals surface area contributed by atoms with Gasteiger partial charge in [-0.05, 0) is 30.5 Å². The molecule has 0 aromatic heterocycles. The normalized spacial score (nSPS) is 24.9. The summed E-state index contributed by atoms with van der Waals surface area (Å²) in [6.45, 7) is 3.94. The molecule has 0 aliphatic carbocycles. The Balaban J connectivity index is 1.96. The lowest BCUT2D eigenvalue weighted by Crippen LogP contribution is -2.52. The molecule has 0 spiro atoms. The average Bonchev–Trinajstić information content (AvgIpc) is 2.97. The molecule has 2 heterocycles. The lowest BCUT2D eigenvalue weighted by Gasteiger charge is -2.38. The van der Waals surface area contributed by atoms with Crippen molar-refractivity contribution in [3.05, 3.63) is 35.6 Å². The molecule has 3 atom stereocenters. The summed E-state index contributed by atoms with van der Waals surface area (Å²) in [7, 11) is 0. The summed E-state index contributed by atoms with van der Waals surface area (Å²) >= 11 is 0. The van der Waals surface area contributed by atoms with E-state index in [1.165, 1.54) is 19.1 Å². The quantitative estimate of drug-likeness (QED) is 0.860. The molecule has 3 rings (SSSR count). The minimum Gasteiger partial charge on any atom is -0.347 e. The number of hydrogen-bond acceptors (Lipinski definition) is 3. The van der Waals surface area contributed by atoms with Crippen LogP contribution in [0.2, 0.25) is 0 Å². The summed E-state index contributed by atoms with van der Waals surface area (Å²) in [4.78, 5) is 40.2. The fourth-order valence-electron chi connectivity index (χ4n) is 4.62. The van der Waals surface area contributed by atoms with E-state index in [9.17, 15) is 18.8 Å². The molecule has 2 saturated heterocycles. The minimum atomic E-state index is -0.322. The number of amides is 3. The van der Waals surface area contributed by atoms with E-state index in [2.05, 4.69) is 5.32 Å². The molecule has 1 aromatic carbocycles. The van der Waals surface area contributed by atoms with Crippen LogP contribution in [0, 0.1) is 5.82 Å². The molecule has 0 bridgehead atoms. The molecule has 1 aromatic rings. The molecule has 0 saturated carbocycles. The molecule has 2 fully saturated rings. The molecule has 2 aliphatic rings. The second-order valence-electron chi connectivity index (χ2n) is 7.74. The van der Waals surface area contributed by atoms with Crippen molar-refractivity contribution in [2.24, 2.45) is 0 Å². The SMILES string of the molecule is CC(=O)NCC(=O)N1C[C@@H](c2cccc(F)c2)[C@H]2[C@H]1CCCCCN2C(C)=O. The number of halogens is 1. The molecule has 1 N–H and O–H groups in total. The molecule has 152 valence electrons. The zero-order valence-corrected chi connectivity index (χ0v) is 16.5. The van der Waals surface area contributed by atoms with Gasteiger partial charge in [-0.25, -0.2) is 4.39 Å². The summed E-state index contributed by atoms with van der Waals surface area (Å²) in [5.74, 6) is -0.905. The van der Waals surface area contributed by atoms with Crippen LogP contribution in [-0.4, -0.2) is 59.2 Å². The van der Waals surface area contributed by atoms with E-state index in [0.29, 0.717) is 13.1 Å². The topological polar surface area (TPSA) is 69.7 Å². The Bertz CT molecular complexity index is 754. The van der Waals surface area contributed by atoms with Gasteiger partial charge in [0.05, 0.1) is 18.6 Å². The minimum absolute atomic E-state index is 0.0190. The number of carbonyl (C=O) groups is 3. The van der Waals surface area contributed by atoms with Crippen LogP contribution in [0.3, 0.4) is 0 Å². The fraction of sp³-hybridized carbons (Fsp3) is 0.571. The zero-order chi connectivity index (χ0) is 20.3. The molecule has 2 aliphatic heterocycles. The number of fused-ring (bicyclic) bond motifs is 1. The van der Waals surface area contributed by atoms with E-state index >= 15 is 0 Å². The third-order valence-electron chi connectivity index (χ3n) is 5.85. The molecule has 28 heavy (non-hydrogen) atoms. The van der Waals surface area contributed by atoms with Crippen molar-refractivity contribution in [1.29, 1.82) is 0 Å². The maximum atomic E-state index is 13.9. The highest BCUT2D eigenvalue weighted by Gasteiger charge is 2.47. The van der Waals surface area contributed by atoms with Gasteiger partial charge in [0.15, 0.2) is 0 Å². The predicted octanol–water partition coefficient (Wildman–Crippen LogP) is 2.05. The Hall–Kier alpha value is -2.44. The molecule has 0 unspecified atom stereocenters. The molecule has 7 heteroatoms. The monoisotopic (exact) mass is 389 g/mol. The first-order chi connectivity index (χ1) is 13.4. The van der Waals surface area contributed by atoms with Gasteiger partial charge in [-0.2, -0.15) is 0 Å². The van der Waals surface area contributed by atoms with Crippen LogP contribution >= 0.6 is 0 Å². The van der Waals surface area contributed by atoms with Gasteiger partial charge in [0.1, 0.15) is 5.82 Å². The number of hydrogen-bond donors (Lipinski definition) is 1. The van der Waals surface area contributed by atoms with Gasteiger partial charge in [0.25, 0.3) is 0 Å². The lowest BCUT2D eigenvalue weighted by molar-refractivity contribution is -0.137. The Morgan fingerprint density at radius 2 is 1.93 bits per heavy atom. The van der Waals surface area contributed by atoms with Crippen molar-refractivity contribution in [1.82, 2.24) is 15.1 Å². The molecule has 6 nitrogen and oxygen atoms in total. The summed E-state index contributed by atoms with van der Waals surface area (Å²) in [5, 5.41) is 2.57. The summed E-state index contributed by atoms with van der Waals surface area (Å²) < 4.78 is 13.9. The molecular formula is C21H28FN3O3. The largest absolute Gasteiger partial charge is 0.347 e. The van der Waals surface area contributed by atoms with Gasteiger partial charge < -0.3 is 15.1 Å². The number of nitrogens with one attached hydrogen (secondary N) is 1. The number of likely N-dealkylation sites (tertiary alicyclic amines) is 2. The third-order valence-corrected chi connectivity index (χ3v) is 5.85. The van der Waals surface area contributed by atoms with Crippen molar-refractivity contribution in [3.63, 3.8) is 0 Å². The van der Waals surface area contributed by atoms with E-state index < -0.39 is 0 Å². The van der Waals surface area contributed by atoms with Gasteiger partial charge in [0.2, 0.25) is 17.7 Å². The van der Waals surface area contributed by atoms with Crippen molar-refractivity contribution >= 4 is 17.7 Å². The second-order valence-corrected chi connectivity index (χ2v) is 7.74. The van der Waals surface area contributed by atoms with Gasteiger partial charge >= 0.3 is 0 Å². The van der Waals surface area contributed by atoms with Gasteiger partial charge in [-0.3, -0.25) is 14.4 Å². The van der Waals surface area contributed by atoms with E-state index in [1.807, 2.05) is 11.0 Å². The van der Waals surface area contributed by atoms with Gasteiger partial charge in [0, 0.05) is 32.9 Å². The third kappa shape index (κ3) is 4.34. The predicted molar refractivity (Wildman–Crippen MR) is 103 cm³/mol.